The third-order valence-electron chi connectivity index (χ3n) is 4.61. The molecule has 4 heteroatoms. The summed E-state index contributed by atoms with van der Waals surface area (Å²) in [6.45, 7) is 14.0. The number of piperidine rings is 1. The Hall–Kier alpha value is -0.610. The molecule has 0 saturated carbocycles. The Labute approximate surface area is 124 Å². The summed E-state index contributed by atoms with van der Waals surface area (Å²) in [7, 11) is 0. The second-order valence-corrected chi connectivity index (χ2v) is 7.26. The molecule has 1 amide bonds. The van der Waals surface area contributed by atoms with E-state index in [-0.39, 0.29) is 11.9 Å². The number of nitrogens with zero attached hydrogens (tertiary/aromatic N) is 1. The molecule has 118 valence electrons. The third kappa shape index (κ3) is 4.45. The predicted octanol–water partition coefficient (Wildman–Crippen LogP) is 2.13. The van der Waals surface area contributed by atoms with Gasteiger partial charge >= 0.3 is 0 Å². The molecule has 1 fully saturated rings. The molecular formula is C16H33N3O. The molecule has 1 aliphatic rings. The van der Waals surface area contributed by atoms with Gasteiger partial charge in [0.1, 0.15) is 0 Å². The lowest BCUT2D eigenvalue weighted by molar-refractivity contribution is -0.125. The summed E-state index contributed by atoms with van der Waals surface area (Å²) in [4.78, 5) is 14.4. The number of hydrogen-bond acceptors (Lipinski definition) is 3. The van der Waals surface area contributed by atoms with E-state index in [1.54, 1.807) is 0 Å². The summed E-state index contributed by atoms with van der Waals surface area (Å²) in [5.74, 6) is 0.556. The van der Waals surface area contributed by atoms with Crippen molar-refractivity contribution in [2.45, 2.75) is 84.5 Å². The summed E-state index contributed by atoms with van der Waals surface area (Å²) in [5, 5.41) is 3.35. The summed E-state index contributed by atoms with van der Waals surface area (Å²) in [6, 6.07) is 1.20. The molecule has 1 aliphatic heterocycles. The van der Waals surface area contributed by atoms with Crippen molar-refractivity contribution >= 4 is 5.91 Å². The van der Waals surface area contributed by atoms with Crippen molar-refractivity contribution in [3.8, 4) is 0 Å². The Morgan fingerprint density at radius 1 is 1.40 bits per heavy atom. The number of nitrogens with two attached hydrogens (primary N) is 1. The van der Waals surface area contributed by atoms with Gasteiger partial charge in [-0.15, -0.1) is 0 Å². The Balaban J connectivity index is 2.71. The van der Waals surface area contributed by atoms with Crippen molar-refractivity contribution in [3.63, 3.8) is 0 Å². The van der Waals surface area contributed by atoms with Gasteiger partial charge in [0.15, 0.2) is 0 Å². The fourth-order valence-corrected chi connectivity index (χ4v) is 3.66. The highest BCUT2D eigenvalue weighted by Crippen LogP contribution is 2.27. The summed E-state index contributed by atoms with van der Waals surface area (Å²) < 4.78 is 0. The average Bonchev–Trinajstić information content (AvgIpc) is 2.26. The fraction of sp³-hybridized carbons (Fsp3) is 0.938. The van der Waals surface area contributed by atoms with E-state index in [4.69, 9.17) is 5.73 Å². The number of hydrogen-bond donors (Lipinski definition) is 2. The molecule has 0 aromatic rings. The molecule has 0 radical (unpaired) electrons. The smallest absolute Gasteiger partial charge is 0.237 e. The zero-order chi connectivity index (χ0) is 15.5. The van der Waals surface area contributed by atoms with Crippen LogP contribution < -0.4 is 11.1 Å². The fourth-order valence-electron chi connectivity index (χ4n) is 3.66. The van der Waals surface area contributed by atoms with Crippen LogP contribution in [0, 0.1) is 5.92 Å². The number of amides is 1. The zero-order valence-electron chi connectivity index (χ0n) is 14.1. The summed E-state index contributed by atoms with van der Waals surface area (Å²) >= 11 is 0. The molecule has 3 N–H and O–H groups in total. The summed E-state index contributed by atoms with van der Waals surface area (Å²) in [5.41, 5.74) is 5.01. The van der Waals surface area contributed by atoms with E-state index in [0.29, 0.717) is 12.1 Å². The number of primary amides is 1. The molecule has 0 aromatic carbocycles. The normalized spacial score (nSPS) is 29.1. The van der Waals surface area contributed by atoms with Gasteiger partial charge in [0.2, 0.25) is 5.91 Å². The van der Waals surface area contributed by atoms with Crippen LogP contribution in [-0.2, 0) is 4.79 Å². The molecular weight excluding hydrogens is 250 g/mol. The molecule has 0 spiro atoms. The highest BCUT2D eigenvalue weighted by molar-refractivity contribution is 5.84. The molecule has 0 aromatic heterocycles. The van der Waals surface area contributed by atoms with Crippen LogP contribution in [0.15, 0.2) is 0 Å². The Kier molecular flexibility index (Phi) is 6.02. The van der Waals surface area contributed by atoms with Crippen LogP contribution in [0.25, 0.3) is 0 Å². The summed E-state index contributed by atoms with van der Waals surface area (Å²) in [6.07, 6.45) is 3.26. The first kappa shape index (κ1) is 17.4. The molecule has 20 heavy (non-hydrogen) atoms. The maximum absolute atomic E-state index is 11.8. The monoisotopic (exact) mass is 283 g/mol. The molecule has 0 aliphatic carbocycles. The highest BCUT2D eigenvalue weighted by Gasteiger charge is 2.36. The molecule has 1 saturated heterocycles. The standard InChI is InChI=1S/C16H33N3O/c1-11(2)18-16(6,15(17)20)10-14(5)19-8-7-12(3)9-13(19)4/h11-14,18H,7-10H2,1-6H3,(H2,17,20). The zero-order valence-corrected chi connectivity index (χ0v) is 14.1. The minimum atomic E-state index is -0.629. The SMILES string of the molecule is CC1CCN(C(C)CC(C)(NC(C)C)C(N)=O)C(C)C1. The van der Waals surface area contributed by atoms with Crippen molar-refractivity contribution in [1.82, 2.24) is 10.2 Å². The van der Waals surface area contributed by atoms with Crippen LogP contribution in [0.1, 0.15) is 60.8 Å². The van der Waals surface area contributed by atoms with Gasteiger partial charge in [0.25, 0.3) is 0 Å². The Bertz CT molecular complexity index is 332. The number of rotatable bonds is 6. The first-order valence-corrected chi connectivity index (χ1v) is 7.99. The van der Waals surface area contributed by atoms with Crippen LogP contribution in [0.3, 0.4) is 0 Å². The van der Waals surface area contributed by atoms with E-state index in [9.17, 15) is 4.79 Å². The number of carbonyl (C=O) groups is 1. The van der Waals surface area contributed by atoms with E-state index in [2.05, 4.69) is 44.8 Å². The lowest BCUT2D eigenvalue weighted by atomic mass is 9.87. The van der Waals surface area contributed by atoms with E-state index >= 15 is 0 Å². The van der Waals surface area contributed by atoms with Crippen LogP contribution in [0.4, 0.5) is 0 Å². The van der Waals surface area contributed by atoms with Gasteiger partial charge in [0.05, 0.1) is 5.54 Å². The quantitative estimate of drug-likeness (QED) is 0.785. The Morgan fingerprint density at radius 2 is 2.00 bits per heavy atom. The maximum atomic E-state index is 11.8. The minimum absolute atomic E-state index is 0.249. The van der Waals surface area contributed by atoms with Gasteiger partial charge in [-0.25, -0.2) is 0 Å². The van der Waals surface area contributed by atoms with E-state index in [1.807, 2.05) is 6.92 Å². The number of carbonyl (C=O) groups excluding carboxylic acids is 1. The van der Waals surface area contributed by atoms with E-state index < -0.39 is 5.54 Å². The van der Waals surface area contributed by atoms with Crippen LogP contribution in [0.2, 0.25) is 0 Å². The highest BCUT2D eigenvalue weighted by atomic mass is 16.1. The molecule has 0 bridgehead atoms. The largest absolute Gasteiger partial charge is 0.368 e. The van der Waals surface area contributed by atoms with Crippen LogP contribution in [-0.4, -0.2) is 41.0 Å². The van der Waals surface area contributed by atoms with Gasteiger partial charge < -0.3 is 11.1 Å². The van der Waals surface area contributed by atoms with Crippen molar-refractivity contribution in [1.29, 1.82) is 0 Å². The van der Waals surface area contributed by atoms with Crippen LogP contribution in [0.5, 0.6) is 0 Å². The number of nitrogens with one attached hydrogen (secondary N) is 1. The minimum Gasteiger partial charge on any atom is -0.368 e. The maximum Gasteiger partial charge on any atom is 0.237 e. The number of likely N-dealkylation sites (tertiary alicyclic amines) is 1. The van der Waals surface area contributed by atoms with Crippen LogP contribution >= 0.6 is 0 Å². The van der Waals surface area contributed by atoms with Gasteiger partial charge in [-0.05, 0) is 66.3 Å². The van der Waals surface area contributed by atoms with Gasteiger partial charge in [-0.1, -0.05) is 6.92 Å². The van der Waals surface area contributed by atoms with Crippen molar-refractivity contribution in [3.05, 3.63) is 0 Å². The second-order valence-electron chi connectivity index (χ2n) is 7.26. The molecule has 1 heterocycles. The van der Waals surface area contributed by atoms with E-state index in [0.717, 1.165) is 18.9 Å². The first-order chi connectivity index (χ1) is 9.15. The Morgan fingerprint density at radius 3 is 2.45 bits per heavy atom. The van der Waals surface area contributed by atoms with Gasteiger partial charge in [0, 0.05) is 18.1 Å². The van der Waals surface area contributed by atoms with Gasteiger partial charge in [-0.3, -0.25) is 9.69 Å². The molecule has 4 atom stereocenters. The second kappa shape index (κ2) is 6.90. The van der Waals surface area contributed by atoms with Gasteiger partial charge in [-0.2, -0.15) is 0 Å². The predicted molar refractivity (Wildman–Crippen MR) is 84.5 cm³/mol. The molecule has 4 unspecified atom stereocenters. The van der Waals surface area contributed by atoms with Crippen molar-refractivity contribution < 1.29 is 4.79 Å². The first-order valence-electron chi connectivity index (χ1n) is 7.99. The topological polar surface area (TPSA) is 58.4 Å². The lowest BCUT2D eigenvalue weighted by Crippen LogP contribution is -2.59. The molecule has 4 nitrogen and oxygen atoms in total. The van der Waals surface area contributed by atoms with E-state index in [1.165, 1.54) is 12.8 Å². The third-order valence-corrected chi connectivity index (χ3v) is 4.61. The molecule has 1 rings (SSSR count). The van der Waals surface area contributed by atoms with Crippen molar-refractivity contribution in [2.75, 3.05) is 6.54 Å². The van der Waals surface area contributed by atoms with Crippen molar-refractivity contribution in [2.24, 2.45) is 11.7 Å². The lowest BCUT2D eigenvalue weighted by Gasteiger charge is -2.43. The average molecular weight is 283 g/mol.